The van der Waals surface area contributed by atoms with Crippen molar-refractivity contribution in [1.29, 1.82) is 0 Å². The van der Waals surface area contributed by atoms with Crippen LogP contribution in [-0.2, 0) is 0 Å². The summed E-state index contributed by atoms with van der Waals surface area (Å²) in [6.07, 6.45) is 8.85. The molecule has 0 amide bonds. The zero-order valence-electron chi connectivity index (χ0n) is 14.9. The van der Waals surface area contributed by atoms with Gasteiger partial charge in [-0.3, -0.25) is 0 Å². The molecule has 0 radical (unpaired) electrons. The molecule has 27 heavy (non-hydrogen) atoms. The van der Waals surface area contributed by atoms with E-state index in [2.05, 4.69) is 38.7 Å². The summed E-state index contributed by atoms with van der Waals surface area (Å²) >= 11 is 6.27. The molecule has 3 aliphatic heterocycles. The first-order chi connectivity index (χ1) is 13.1. The number of methoxy groups -OCH3 is 1. The van der Waals surface area contributed by atoms with Crippen LogP contribution < -0.4 is 20.3 Å². The van der Waals surface area contributed by atoms with Crippen molar-refractivity contribution < 1.29 is 4.74 Å². The number of hydrogen-bond acceptors (Lipinski definition) is 6. The summed E-state index contributed by atoms with van der Waals surface area (Å²) in [7, 11) is 1.68. The molecule has 5 rings (SSSR count). The normalized spacial score (nSPS) is 27.7. The number of pyridine rings is 1. The number of rotatable bonds is 2. The van der Waals surface area contributed by atoms with Crippen molar-refractivity contribution in [3.05, 3.63) is 53.2 Å². The Labute approximate surface area is 162 Å². The van der Waals surface area contributed by atoms with Crippen molar-refractivity contribution in [1.82, 2.24) is 10.3 Å². The number of aromatic nitrogens is 1. The summed E-state index contributed by atoms with van der Waals surface area (Å²) in [6.45, 7) is 1.51. The molecule has 0 aliphatic carbocycles. The molecule has 1 fully saturated rings. The van der Waals surface area contributed by atoms with Crippen molar-refractivity contribution >= 4 is 35.5 Å². The van der Waals surface area contributed by atoms with E-state index in [0.29, 0.717) is 11.6 Å². The molecular weight excluding hydrogens is 362 g/mol. The van der Waals surface area contributed by atoms with E-state index in [1.54, 1.807) is 13.3 Å². The van der Waals surface area contributed by atoms with Crippen LogP contribution in [0.2, 0.25) is 5.02 Å². The van der Waals surface area contributed by atoms with Crippen LogP contribution in [0.4, 0.5) is 11.5 Å². The molecular formula is C20H20ClN5O. The Morgan fingerprint density at radius 1 is 1.30 bits per heavy atom. The average Bonchev–Trinajstić information content (AvgIpc) is 2.98. The first-order valence-electron chi connectivity index (χ1n) is 8.97. The molecule has 0 saturated carbocycles. The fraction of sp³-hybridized carbons (Fsp3) is 0.300. The van der Waals surface area contributed by atoms with Gasteiger partial charge in [-0.1, -0.05) is 23.8 Å². The van der Waals surface area contributed by atoms with Crippen LogP contribution in [0.15, 0.2) is 47.6 Å². The summed E-state index contributed by atoms with van der Waals surface area (Å²) in [5.41, 5.74) is 1.19. The van der Waals surface area contributed by atoms with Crippen LogP contribution in [0, 0.1) is 0 Å². The van der Waals surface area contributed by atoms with Crippen molar-refractivity contribution in [2.75, 3.05) is 30.4 Å². The number of nitrogens with zero attached hydrogens (tertiary/aromatic N) is 3. The Kier molecular flexibility index (Phi) is 3.59. The molecule has 2 unspecified atom stereocenters. The maximum absolute atomic E-state index is 6.27. The van der Waals surface area contributed by atoms with E-state index >= 15 is 0 Å². The van der Waals surface area contributed by atoms with Gasteiger partial charge in [0.2, 0.25) is 0 Å². The second-order valence-electron chi connectivity index (χ2n) is 7.12. The van der Waals surface area contributed by atoms with Crippen molar-refractivity contribution in [3.63, 3.8) is 0 Å². The number of aliphatic imine (C=N–C) groups is 1. The van der Waals surface area contributed by atoms with Gasteiger partial charge in [-0.2, -0.15) is 0 Å². The maximum Gasteiger partial charge on any atom is 0.176 e. The highest BCUT2D eigenvalue weighted by molar-refractivity contribution is 6.31. The number of hydrogen-bond donors (Lipinski definition) is 2. The highest BCUT2D eigenvalue weighted by Crippen LogP contribution is 2.44. The van der Waals surface area contributed by atoms with Crippen LogP contribution in [-0.4, -0.2) is 42.7 Å². The van der Waals surface area contributed by atoms with Crippen LogP contribution in [0.25, 0.3) is 6.08 Å². The number of halogens is 1. The quantitative estimate of drug-likeness (QED) is 0.836. The zero-order valence-corrected chi connectivity index (χ0v) is 15.7. The van der Waals surface area contributed by atoms with E-state index in [1.807, 2.05) is 30.6 Å². The molecule has 3 aliphatic rings. The SMILES string of the molecule is COc1ccc(Cl)cc1N1CCC23C=Cc4cccnc4NC2(C1)N=CN3. The molecule has 2 atom stereocenters. The molecule has 1 aromatic heterocycles. The number of ether oxygens (including phenoxy) is 1. The molecule has 1 saturated heterocycles. The summed E-state index contributed by atoms with van der Waals surface area (Å²) in [4.78, 5) is 11.7. The van der Waals surface area contributed by atoms with Crippen molar-refractivity contribution in [2.45, 2.75) is 17.6 Å². The summed E-state index contributed by atoms with van der Waals surface area (Å²) in [6, 6.07) is 9.72. The van der Waals surface area contributed by atoms with E-state index in [9.17, 15) is 0 Å². The third kappa shape index (κ3) is 2.40. The van der Waals surface area contributed by atoms with Crippen LogP contribution in [0.5, 0.6) is 5.75 Å². The fourth-order valence-corrected chi connectivity index (χ4v) is 4.44. The van der Waals surface area contributed by atoms with Crippen molar-refractivity contribution in [3.8, 4) is 5.75 Å². The van der Waals surface area contributed by atoms with Crippen LogP contribution in [0.3, 0.4) is 0 Å². The molecule has 4 heterocycles. The third-order valence-corrected chi connectivity index (χ3v) is 5.97. The second kappa shape index (κ2) is 5.89. The van der Waals surface area contributed by atoms with E-state index in [4.69, 9.17) is 21.3 Å². The maximum atomic E-state index is 6.27. The predicted octanol–water partition coefficient (Wildman–Crippen LogP) is 3.16. The lowest BCUT2D eigenvalue weighted by Gasteiger charge is -2.50. The van der Waals surface area contributed by atoms with Gasteiger partial charge in [0.05, 0.1) is 25.7 Å². The Morgan fingerprint density at radius 2 is 2.22 bits per heavy atom. The Bertz CT molecular complexity index is 961. The lowest BCUT2D eigenvalue weighted by Crippen LogP contribution is -2.69. The lowest BCUT2D eigenvalue weighted by atomic mass is 9.78. The van der Waals surface area contributed by atoms with Gasteiger partial charge in [0, 0.05) is 23.3 Å². The highest BCUT2D eigenvalue weighted by atomic mass is 35.5. The number of nitrogens with one attached hydrogen (secondary N) is 2. The van der Waals surface area contributed by atoms with Gasteiger partial charge < -0.3 is 20.3 Å². The summed E-state index contributed by atoms with van der Waals surface area (Å²) in [5, 5.41) is 7.82. The Morgan fingerprint density at radius 3 is 3.11 bits per heavy atom. The van der Waals surface area contributed by atoms with Crippen LogP contribution in [0.1, 0.15) is 12.0 Å². The standard InChI is InChI=1S/C20H20ClN5O/c1-27-17-5-4-15(21)11-16(17)26-10-8-19-7-6-14-3-2-9-22-18(14)25-20(19,12-26)24-13-23-19/h2-7,9,11,13H,8,10,12H2,1H3,(H,22,25)(H,23,24). The molecule has 138 valence electrons. The monoisotopic (exact) mass is 381 g/mol. The van der Waals surface area contributed by atoms with E-state index in [-0.39, 0.29) is 5.54 Å². The van der Waals surface area contributed by atoms with E-state index in [0.717, 1.165) is 35.8 Å². The minimum atomic E-state index is -0.561. The number of piperidine rings is 1. The van der Waals surface area contributed by atoms with Gasteiger partial charge in [0.25, 0.3) is 0 Å². The summed E-state index contributed by atoms with van der Waals surface area (Å²) < 4.78 is 5.58. The van der Waals surface area contributed by atoms with Crippen LogP contribution >= 0.6 is 11.6 Å². The van der Waals surface area contributed by atoms with Crippen molar-refractivity contribution in [2.24, 2.45) is 4.99 Å². The third-order valence-electron chi connectivity index (χ3n) is 5.73. The lowest BCUT2D eigenvalue weighted by molar-refractivity contribution is 0.259. The molecule has 0 bridgehead atoms. The largest absolute Gasteiger partial charge is 0.495 e. The smallest absolute Gasteiger partial charge is 0.176 e. The molecule has 7 heteroatoms. The molecule has 6 nitrogen and oxygen atoms in total. The molecule has 2 N–H and O–H groups in total. The molecule has 0 spiro atoms. The number of fused-ring (bicyclic) bond motifs is 1. The topological polar surface area (TPSA) is 61.8 Å². The molecule has 1 aromatic carbocycles. The average molecular weight is 382 g/mol. The zero-order chi connectivity index (χ0) is 18.5. The van der Waals surface area contributed by atoms with Gasteiger partial charge in [0.1, 0.15) is 17.1 Å². The Hall–Kier alpha value is -2.73. The Balaban J connectivity index is 1.58. The first kappa shape index (κ1) is 16.4. The first-order valence-corrected chi connectivity index (χ1v) is 9.35. The highest BCUT2D eigenvalue weighted by Gasteiger charge is 2.57. The van der Waals surface area contributed by atoms with Gasteiger partial charge in [-0.15, -0.1) is 0 Å². The number of benzene rings is 1. The fourth-order valence-electron chi connectivity index (χ4n) is 4.27. The predicted molar refractivity (Wildman–Crippen MR) is 109 cm³/mol. The number of anilines is 2. The van der Waals surface area contributed by atoms with Gasteiger partial charge >= 0.3 is 0 Å². The summed E-state index contributed by atoms with van der Waals surface area (Å²) in [5.74, 6) is 1.65. The minimum Gasteiger partial charge on any atom is -0.495 e. The van der Waals surface area contributed by atoms with Gasteiger partial charge in [-0.25, -0.2) is 9.98 Å². The van der Waals surface area contributed by atoms with Gasteiger partial charge in [-0.05, 0) is 36.8 Å². The van der Waals surface area contributed by atoms with E-state index < -0.39 is 5.66 Å². The second-order valence-corrected chi connectivity index (χ2v) is 7.56. The molecule has 2 aromatic rings. The minimum absolute atomic E-state index is 0.296. The van der Waals surface area contributed by atoms with Gasteiger partial charge in [0.15, 0.2) is 5.66 Å². The van der Waals surface area contributed by atoms with E-state index in [1.165, 1.54) is 0 Å².